The second kappa shape index (κ2) is 5.28. The first-order chi connectivity index (χ1) is 8.90. The summed E-state index contributed by atoms with van der Waals surface area (Å²) in [6, 6.07) is 0.161. The zero-order valence-electron chi connectivity index (χ0n) is 12.0. The zero-order chi connectivity index (χ0) is 14.0. The number of H-pyrrole nitrogens is 1. The Balaban J connectivity index is 1.95. The summed E-state index contributed by atoms with van der Waals surface area (Å²) in [7, 11) is 1.71. The summed E-state index contributed by atoms with van der Waals surface area (Å²) in [5.41, 5.74) is -0.139. The Hall–Kier alpha value is -1.43. The van der Waals surface area contributed by atoms with Crippen LogP contribution >= 0.6 is 0 Å². The minimum Gasteiger partial charge on any atom is -0.381 e. The number of hydrogen-bond acceptors (Lipinski definition) is 4. The molecule has 0 aromatic carbocycles. The van der Waals surface area contributed by atoms with Crippen molar-refractivity contribution in [3.63, 3.8) is 0 Å². The molecule has 1 aromatic rings. The third-order valence-corrected chi connectivity index (χ3v) is 3.45. The van der Waals surface area contributed by atoms with Crippen molar-refractivity contribution in [3.8, 4) is 0 Å². The van der Waals surface area contributed by atoms with E-state index in [1.165, 1.54) is 0 Å². The molecule has 6 nitrogen and oxygen atoms in total. The predicted molar refractivity (Wildman–Crippen MR) is 71.0 cm³/mol. The maximum Gasteiger partial charge on any atom is 0.291 e. The van der Waals surface area contributed by atoms with E-state index in [4.69, 9.17) is 4.74 Å². The number of hydrogen-bond donors (Lipinski definition) is 2. The lowest BCUT2D eigenvalue weighted by Crippen LogP contribution is -2.34. The van der Waals surface area contributed by atoms with Crippen LogP contribution in [0.15, 0.2) is 0 Å². The summed E-state index contributed by atoms with van der Waals surface area (Å²) in [6.45, 7) is 6.07. The average molecular weight is 266 g/mol. The maximum absolute atomic E-state index is 12.0. The number of methoxy groups -OCH3 is 1. The van der Waals surface area contributed by atoms with Gasteiger partial charge in [0.2, 0.25) is 5.82 Å². The van der Waals surface area contributed by atoms with Gasteiger partial charge in [-0.3, -0.25) is 9.89 Å². The van der Waals surface area contributed by atoms with Gasteiger partial charge in [-0.25, -0.2) is 4.98 Å². The molecule has 2 atom stereocenters. The molecule has 1 aliphatic carbocycles. The third-order valence-electron chi connectivity index (χ3n) is 3.45. The average Bonchev–Trinajstić information content (AvgIpc) is 2.96. The first-order valence-corrected chi connectivity index (χ1v) is 6.66. The Bertz CT molecular complexity index is 450. The monoisotopic (exact) mass is 266 g/mol. The molecule has 1 amide bonds. The van der Waals surface area contributed by atoms with Gasteiger partial charge in [-0.05, 0) is 19.3 Å². The number of nitrogens with one attached hydrogen (secondary N) is 2. The Morgan fingerprint density at radius 3 is 2.68 bits per heavy atom. The Morgan fingerprint density at radius 1 is 1.42 bits per heavy atom. The minimum absolute atomic E-state index is 0.139. The number of aromatic amines is 1. The predicted octanol–water partition coefficient (Wildman–Crippen LogP) is 1.40. The van der Waals surface area contributed by atoms with Gasteiger partial charge < -0.3 is 10.1 Å². The van der Waals surface area contributed by atoms with E-state index in [1.54, 1.807) is 7.11 Å². The first kappa shape index (κ1) is 14.0. The standard InChI is InChI=1S/C13H22N4O2/c1-13(2,3)12-15-10(16-17-12)11(18)14-8-5-6-9(7-8)19-4/h8-9H,5-7H2,1-4H3,(H,14,18)(H,15,16,17). The van der Waals surface area contributed by atoms with Gasteiger partial charge in [-0.2, -0.15) is 0 Å². The molecule has 19 heavy (non-hydrogen) atoms. The van der Waals surface area contributed by atoms with E-state index in [0.717, 1.165) is 25.1 Å². The van der Waals surface area contributed by atoms with E-state index >= 15 is 0 Å². The van der Waals surface area contributed by atoms with Crippen molar-refractivity contribution in [2.24, 2.45) is 0 Å². The van der Waals surface area contributed by atoms with Crippen molar-refractivity contribution in [1.82, 2.24) is 20.5 Å². The Morgan fingerprint density at radius 2 is 2.16 bits per heavy atom. The van der Waals surface area contributed by atoms with Crippen molar-refractivity contribution >= 4 is 5.91 Å². The van der Waals surface area contributed by atoms with E-state index in [2.05, 4.69) is 20.5 Å². The number of rotatable bonds is 3. The van der Waals surface area contributed by atoms with Crippen LogP contribution in [-0.4, -0.2) is 40.3 Å². The molecule has 0 saturated heterocycles. The van der Waals surface area contributed by atoms with E-state index in [1.807, 2.05) is 20.8 Å². The van der Waals surface area contributed by atoms with E-state index < -0.39 is 0 Å². The van der Waals surface area contributed by atoms with Crippen LogP contribution in [0.25, 0.3) is 0 Å². The van der Waals surface area contributed by atoms with Gasteiger partial charge in [0.25, 0.3) is 5.91 Å². The molecule has 0 radical (unpaired) electrons. The van der Waals surface area contributed by atoms with Crippen LogP contribution in [0.2, 0.25) is 0 Å². The number of nitrogens with zero attached hydrogens (tertiary/aromatic N) is 2. The second-order valence-corrected chi connectivity index (χ2v) is 6.10. The maximum atomic E-state index is 12.0. The molecule has 1 saturated carbocycles. The number of carbonyl (C=O) groups excluding carboxylic acids is 1. The van der Waals surface area contributed by atoms with Gasteiger partial charge in [-0.1, -0.05) is 20.8 Å². The smallest absolute Gasteiger partial charge is 0.291 e. The molecule has 106 valence electrons. The third kappa shape index (κ3) is 3.32. The summed E-state index contributed by atoms with van der Waals surface area (Å²) < 4.78 is 5.29. The molecule has 6 heteroatoms. The normalized spacial score (nSPS) is 23.6. The van der Waals surface area contributed by atoms with Crippen LogP contribution in [-0.2, 0) is 10.2 Å². The van der Waals surface area contributed by atoms with Crippen molar-refractivity contribution in [1.29, 1.82) is 0 Å². The fourth-order valence-corrected chi connectivity index (χ4v) is 2.23. The zero-order valence-corrected chi connectivity index (χ0v) is 12.0. The number of carbonyl (C=O) groups is 1. The fraction of sp³-hybridized carbons (Fsp3) is 0.769. The van der Waals surface area contributed by atoms with Gasteiger partial charge >= 0.3 is 0 Å². The molecule has 2 rings (SSSR count). The van der Waals surface area contributed by atoms with Gasteiger partial charge in [0.05, 0.1) is 6.10 Å². The molecule has 0 spiro atoms. The van der Waals surface area contributed by atoms with Crippen LogP contribution in [0.4, 0.5) is 0 Å². The molecule has 0 aliphatic heterocycles. The van der Waals surface area contributed by atoms with Crippen LogP contribution in [0.3, 0.4) is 0 Å². The van der Waals surface area contributed by atoms with Crippen LogP contribution in [0.5, 0.6) is 0 Å². The van der Waals surface area contributed by atoms with Crippen molar-refractivity contribution < 1.29 is 9.53 Å². The van der Waals surface area contributed by atoms with Gasteiger partial charge in [-0.15, -0.1) is 5.10 Å². The summed E-state index contributed by atoms with van der Waals surface area (Å²) in [5, 5.41) is 9.77. The molecule has 0 bridgehead atoms. The van der Waals surface area contributed by atoms with Crippen molar-refractivity contribution in [2.75, 3.05) is 7.11 Å². The highest BCUT2D eigenvalue weighted by Gasteiger charge is 2.27. The lowest BCUT2D eigenvalue weighted by molar-refractivity contribution is 0.0906. The minimum atomic E-state index is -0.214. The van der Waals surface area contributed by atoms with Crippen molar-refractivity contribution in [2.45, 2.75) is 57.6 Å². The number of aromatic nitrogens is 3. The van der Waals surface area contributed by atoms with Crippen LogP contribution in [0, 0.1) is 0 Å². The lowest BCUT2D eigenvalue weighted by atomic mass is 9.96. The Labute approximate surface area is 113 Å². The number of ether oxygens (including phenoxy) is 1. The van der Waals surface area contributed by atoms with Crippen LogP contribution < -0.4 is 5.32 Å². The largest absolute Gasteiger partial charge is 0.381 e. The molecular formula is C13H22N4O2. The molecule has 1 heterocycles. The van der Waals surface area contributed by atoms with Gasteiger partial charge in [0, 0.05) is 18.6 Å². The molecule has 2 N–H and O–H groups in total. The summed E-state index contributed by atoms with van der Waals surface area (Å²) in [5.74, 6) is 0.720. The highest BCUT2D eigenvalue weighted by molar-refractivity contribution is 5.90. The highest BCUT2D eigenvalue weighted by Crippen LogP contribution is 2.22. The topological polar surface area (TPSA) is 79.9 Å². The highest BCUT2D eigenvalue weighted by atomic mass is 16.5. The van der Waals surface area contributed by atoms with E-state index in [9.17, 15) is 4.79 Å². The molecule has 1 fully saturated rings. The Kier molecular flexibility index (Phi) is 3.89. The second-order valence-electron chi connectivity index (χ2n) is 6.10. The molecule has 2 unspecified atom stereocenters. The molecular weight excluding hydrogens is 244 g/mol. The first-order valence-electron chi connectivity index (χ1n) is 6.66. The van der Waals surface area contributed by atoms with Crippen molar-refractivity contribution in [3.05, 3.63) is 11.6 Å². The van der Waals surface area contributed by atoms with Gasteiger partial charge in [0.15, 0.2) is 0 Å². The van der Waals surface area contributed by atoms with E-state index in [0.29, 0.717) is 0 Å². The van der Waals surface area contributed by atoms with E-state index in [-0.39, 0.29) is 29.3 Å². The SMILES string of the molecule is COC1CCC(NC(=O)c2n[nH]c(C(C)(C)C)n2)C1. The fourth-order valence-electron chi connectivity index (χ4n) is 2.23. The summed E-state index contributed by atoms with van der Waals surface area (Å²) in [4.78, 5) is 16.3. The van der Waals surface area contributed by atoms with Gasteiger partial charge in [0.1, 0.15) is 5.82 Å². The molecule has 1 aromatic heterocycles. The van der Waals surface area contributed by atoms with Crippen LogP contribution in [0.1, 0.15) is 56.5 Å². The lowest BCUT2D eigenvalue weighted by Gasteiger charge is -2.13. The quantitative estimate of drug-likeness (QED) is 0.866. The molecule has 1 aliphatic rings. The summed E-state index contributed by atoms with van der Waals surface area (Å²) in [6.07, 6.45) is 3.05. The number of amides is 1. The summed E-state index contributed by atoms with van der Waals surface area (Å²) >= 11 is 0.